The number of anilines is 1. The highest BCUT2D eigenvalue weighted by atomic mass is 16.5. The number of rotatable bonds is 6. The highest BCUT2D eigenvalue weighted by Gasteiger charge is 2.16. The summed E-state index contributed by atoms with van der Waals surface area (Å²) in [5, 5.41) is 11.5. The number of amides is 1. The molecule has 1 amide bonds. The normalized spacial score (nSPS) is 11.0. The molecule has 0 unspecified atom stereocenters. The van der Waals surface area contributed by atoms with E-state index in [-0.39, 0.29) is 5.91 Å². The van der Waals surface area contributed by atoms with Crippen molar-refractivity contribution in [2.45, 2.75) is 13.3 Å². The van der Waals surface area contributed by atoms with E-state index in [0.717, 1.165) is 23.3 Å². The number of aryl methyl sites for hydroxylation is 1. The highest BCUT2D eigenvalue weighted by molar-refractivity contribution is 6.06. The average molecular weight is 439 g/mol. The zero-order chi connectivity index (χ0) is 22.8. The minimum absolute atomic E-state index is 0.277. The van der Waals surface area contributed by atoms with E-state index in [1.165, 1.54) is 7.11 Å². The lowest BCUT2D eigenvalue weighted by Crippen LogP contribution is -2.13. The van der Waals surface area contributed by atoms with E-state index in [2.05, 4.69) is 20.5 Å². The largest absolute Gasteiger partial charge is 0.496 e. The molecule has 5 rings (SSSR count). The molecule has 0 spiro atoms. The van der Waals surface area contributed by atoms with Gasteiger partial charge in [-0.3, -0.25) is 9.20 Å². The lowest BCUT2D eigenvalue weighted by atomic mass is 10.2. The number of carbonyl (C=O) groups is 1. The second-order valence-electron chi connectivity index (χ2n) is 7.32. The first-order valence-corrected chi connectivity index (χ1v) is 10.5. The molecule has 2 heterocycles. The number of nitrogens with one attached hydrogen (secondary N) is 1. The van der Waals surface area contributed by atoms with Gasteiger partial charge in [-0.05, 0) is 36.4 Å². The lowest BCUT2D eigenvalue weighted by Gasteiger charge is -2.11. The maximum atomic E-state index is 12.8. The van der Waals surface area contributed by atoms with Gasteiger partial charge in [0, 0.05) is 18.2 Å². The molecule has 33 heavy (non-hydrogen) atoms. The van der Waals surface area contributed by atoms with Crippen molar-refractivity contribution in [1.82, 2.24) is 19.6 Å². The summed E-state index contributed by atoms with van der Waals surface area (Å²) in [5.74, 6) is 1.91. The summed E-state index contributed by atoms with van der Waals surface area (Å²) in [4.78, 5) is 17.4. The van der Waals surface area contributed by atoms with Crippen molar-refractivity contribution in [3.05, 3.63) is 84.2 Å². The second kappa shape index (κ2) is 8.58. The predicted molar refractivity (Wildman–Crippen MR) is 125 cm³/mol. The Labute approximate surface area is 189 Å². The Morgan fingerprint density at radius 3 is 2.67 bits per heavy atom. The Bertz CT molecular complexity index is 1480. The van der Waals surface area contributed by atoms with Crippen LogP contribution in [0.4, 0.5) is 5.69 Å². The Balaban J connectivity index is 1.48. The smallest absolute Gasteiger partial charge is 0.266 e. The van der Waals surface area contributed by atoms with Crippen molar-refractivity contribution in [3.8, 4) is 17.4 Å². The lowest BCUT2D eigenvalue weighted by molar-refractivity contribution is 0.102. The van der Waals surface area contributed by atoms with Crippen LogP contribution in [0.5, 0.6) is 17.4 Å². The third-order valence-electron chi connectivity index (χ3n) is 5.24. The van der Waals surface area contributed by atoms with Gasteiger partial charge < -0.3 is 14.8 Å². The van der Waals surface area contributed by atoms with E-state index in [1.54, 1.807) is 42.5 Å². The monoisotopic (exact) mass is 439 g/mol. The van der Waals surface area contributed by atoms with Gasteiger partial charge >= 0.3 is 0 Å². The van der Waals surface area contributed by atoms with E-state index in [4.69, 9.17) is 9.47 Å². The summed E-state index contributed by atoms with van der Waals surface area (Å²) in [7, 11) is 1.53. The van der Waals surface area contributed by atoms with Crippen molar-refractivity contribution >= 4 is 28.3 Å². The van der Waals surface area contributed by atoms with Crippen LogP contribution in [0.25, 0.3) is 16.7 Å². The molecule has 0 bridgehead atoms. The summed E-state index contributed by atoms with van der Waals surface area (Å²) in [6.07, 6.45) is 0.721. The molecule has 5 aromatic rings. The van der Waals surface area contributed by atoms with Gasteiger partial charge in [-0.2, -0.15) is 0 Å². The molecule has 2 aromatic heterocycles. The molecule has 0 fully saturated rings. The number of benzene rings is 3. The van der Waals surface area contributed by atoms with Crippen LogP contribution >= 0.6 is 0 Å². The number of carbonyl (C=O) groups excluding carboxylic acids is 1. The summed E-state index contributed by atoms with van der Waals surface area (Å²) in [6, 6.07) is 22.0. The Hall–Kier alpha value is -4.46. The van der Waals surface area contributed by atoms with Crippen LogP contribution < -0.4 is 14.8 Å². The predicted octanol–water partition coefficient (Wildman–Crippen LogP) is 4.89. The number of ether oxygens (including phenoxy) is 2. The molecular weight excluding hydrogens is 418 g/mol. The number of methoxy groups -OCH3 is 1. The van der Waals surface area contributed by atoms with Crippen LogP contribution in [0, 0.1) is 0 Å². The van der Waals surface area contributed by atoms with Crippen LogP contribution in [-0.2, 0) is 6.42 Å². The third-order valence-corrected chi connectivity index (χ3v) is 5.24. The minimum atomic E-state index is -0.277. The van der Waals surface area contributed by atoms with Gasteiger partial charge in [-0.1, -0.05) is 37.3 Å². The molecule has 3 aromatic carbocycles. The molecule has 0 saturated carbocycles. The second-order valence-corrected chi connectivity index (χ2v) is 7.32. The van der Waals surface area contributed by atoms with Gasteiger partial charge in [0.1, 0.15) is 17.3 Å². The first kappa shape index (κ1) is 20.4. The van der Waals surface area contributed by atoms with Gasteiger partial charge in [0.15, 0.2) is 0 Å². The fraction of sp³-hybridized carbons (Fsp3) is 0.120. The van der Waals surface area contributed by atoms with Crippen molar-refractivity contribution < 1.29 is 14.3 Å². The Morgan fingerprint density at radius 1 is 1.00 bits per heavy atom. The zero-order valence-electron chi connectivity index (χ0n) is 18.1. The number of hydrogen-bond donors (Lipinski definition) is 1. The van der Waals surface area contributed by atoms with E-state index in [0.29, 0.717) is 34.3 Å². The number of hydrogen-bond acceptors (Lipinski definition) is 6. The van der Waals surface area contributed by atoms with Crippen LogP contribution in [-0.4, -0.2) is 32.6 Å². The Kier molecular flexibility index (Phi) is 5.32. The number of nitrogens with zero attached hydrogens (tertiary/aromatic N) is 4. The molecule has 0 atom stereocenters. The van der Waals surface area contributed by atoms with Gasteiger partial charge in [0.05, 0.1) is 23.7 Å². The number of aromatic nitrogens is 4. The quantitative estimate of drug-likeness (QED) is 0.405. The van der Waals surface area contributed by atoms with Crippen molar-refractivity contribution in [3.63, 3.8) is 0 Å². The summed E-state index contributed by atoms with van der Waals surface area (Å²) in [5.41, 5.74) is 3.25. The van der Waals surface area contributed by atoms with Crippen molar-refractivity contribution in [2.75, 3.05) is 12.4 Å². The van der Waals surface area contributed by atoms with Gasteiger partial charge in [0.25, 0.3) is 11.8 Å². The van der Waals surface area contributed by atoms with Crippen LogP contribution in [0.2, 0.25) is 0 Å². The van der Waals surface area contributed by atoms with Crippen LogP contribution in [0.3, 0.4) is 0 Å². The first-order chi connectivity index (χ1) is 16.2. The highest BCUT2D eigenvalue weighted by Crippen LogP contribution is 2.29. The maximum Gasteiger partial charge on any atom is 0.266 e. The molecule has 0 aliphatic rings. The molecule has 1 N–H and O–H groups in total. The Morgan fingerprint density at radius 2 is 1.82 bits per heavy atom. The molecule has 0 aliphatic carbocycles. The molecule has 8 heteroatoms. The van der Waals surface area contributed by atoms with E-state index >= 15 is 0 Å². The number of para-hydroxylation sites is 3. The van der Waals surface area contributed by atoms with Gasteiger partial charge in [-0.25, -0.2) is 4.98 Å². The van der Waals surface area contributed by atoms with Crippen molar-refractivity contribution in [2.24, 2.45) is 0 Å². The topological polar surface area (TPSA) is 90.6 Å². The van der Waals surface area contributed by atoms with E-state index in [9.17, 15) is 4.79 Å². The maximum absolute atomic E-state index is 12.8. The molecule has 0 aliphatic heterocycles. The standard InChI is InChI=1S/C25H21N5O3/c1-3-22-28-29-23-25(27-19-12-5-6-13-20(19)30(22)23)33-17-10-8-9-16(15-17)26-24(31)18-11-4-7-14-21(18)32-2/h4-15H,3H2,1-2H3,(H,26,31). The van der Waals surface area contributed by atoms with Crippen LogP contribution in [0.1, 0.15) is 23.1 Å². The van der Waals surface area contributed by atoms with Gasteiger partial charge in [0.2, 0.25) is 5.65 Å². The summed E-state index contributed by atoms with van der Waals surface area (Å²) < 4.78 is 13.4. The summed E-state index contributed by atoms with van der Waals surface area (Å²) in [6.45, 7) is 2.03. The number of fused-ring (bicyclic) bond motifs is 3. The van der Waals surface area contributed by atoms with Crippen LogP contribution in [0.15, 0.2) is 72.8 Å². The average Bonchev–Trinajstić information content (AvgIpc) is 3.29. The SMILES string of the molecule is CCc1nnc2c(Oc3cccc(NC(=O)c4ccccc4OC)c3)nc3ccccc3n12. The fourth-order valence-electron chi connectivity index (χ4n) is 3.69. The fourth-order valence-corrected chi connectivity index (χ4v) is 3.69. The van der Waals surface area contributed by atoms with Gasteiger partial charge in [-0.15, -0.1) is 10.2 Å². The molecule has 164 valence electrons. The summed E-state index contributed by atoms with van der Waals surface area (Å²) >= 11 is 0. The molecular formula is C25H21N5O3. The van der Waals surface area contributed by atoms with Crippen molar-refractivity contribution in [1.29, 1.82) is 0 Å². The van der Waals surface area contributed by atoms with E-state index < -0.39 is 0 Å². The van der Waals surface area contributed by atoms with E-state index in [1.807, 2.05) is 41.7 Å². The third kappa shape index (κ3) is 3.82. The molecule has 0 saturated heterocycles. The zero-order valence-corrected chi connectivity index (χ0v) is 18.1. The molecule has 0 radical (unpaired) electrons. The molecule has 8 nitrogen and oxygen atoms in total. The first-order valence-electron chi connectivity index (χ1n) is 10.5. The minimum Gasteiger partial charge on any atom is -0.496 e.